The van der Waals surface area contributed by atoms with E-state index in [9.17, 15) is 5.11 Å². The SMILES string of the molecule is Cn1ncc(I)c1CN1CCCC(CO)C1. The summed E-state index contributed by atoms with van der Waals surface area (Å²) in [5.41, 5.74) is 1.28. The van der Waals surface area contributed by atoms with E-state index in [1.54, 1.807) is 0 Å². The van der Waals surface area contributed by atoms with Crippen molar-refractivity contribution in [2.24, 2.45) is 13.0 Å². The number of likely N-dealkylation sites (tertiary alicyclic amines) is 1. The van der Waals surface area contributed by atoms with E-state index in [-0.39, 0.29) is 0 Å². The fourth-order valence-electron chi connectivity index (χ4n) is 2.27. The summed E-state index contributed by atoms with van der Waals surface area (Å²) in [7, 11) is 1.99. The lowest BCUT2D eigenvalue weighted by Gasteiger charge is -2.31. The molecule has 0 aliphatic carbocycles. The zero-order chi connectivity index (χ0) is 11.5. The van der Waals surface area contributed by atoms with Crippen LogP contribution in [0.5, 0.6) is 0 Å². The molecule has 0 amide bonds. The van der Waals surface area contributed by atoms with Crippen LogP contribution in [0.4, 0.5) is 0 Å². The summed E-state index contributed by atoms with van der Waals surface area (Å²) in [5.74, 6) is 0.458. The van der Waals surface area contributed by atoms with E-state index in [4.69, 9.17) is 0 Å². The van der Waals surface area contributed by atoms with E-state index in [0.717, 1.165) is 26.1 Å². The molecule has 0 radical (unpaired) electrons. The second kappa shape index (κ2) is 5.46. The van der Waals surface area contributed by atoms with Crippen molar-refractivity contribution in [3.8, 4) is 0 Å². The van der Waals surface area contributed by atoms with E-state index in [1.807, 2.05) is 17.9 Å². The van der Waals surface area contributed by atoms with Crippen LogP contribution in [0.1, 0.15) is 18.5 Å². The Bertz CT molecular complexity index is 333. The van der Waals surface area contributed by atoms with Crippen LogP contribution in [0.2, 0.25) is 0 Å². The quantitative estimate of drug-likeness (QED) is 0.845. The third-order valence-corrected chi connectivity index (χ3v) is 4.15. The molecule has 1 aliphatic rings. The van der Waals surface area contributed by atoms with Gasteiger partial charge in [0.15, 0.2) is 0 Å². The van der Waals surface area contributed by atoms with Crippen molar-refractivity contribution < 1.29 is 5.11 Å². The fourth-order valence-corrected chi connectivity index (χ4v) is 2.91. The maximum Gasteiger partial charge on any atom is 0.0654 e. The van der Waals surface area contributed by atoms with Gasteiger partial charge in [-0.2, -0.15) is 5.10 Å². The summed E-state index contributed by atoms with van der Waals surface area (Å²) in [6.45, 7) is 3.42. The topological polar surface area (TPSA) is 41.3 Å². The normalized spacial score (nSPS) is 22.6. The summed E-state index contributed by atoms with van der Waals surface area (Å²) in [6.07, 6.45) is 4.26. The Morgan fingerprint density at radius 1 is 1.62 bits per heavy atom. The van der Waals surface area contributed by atoms with E-state index in [1.165, 1.54) is 15.7 Å². The van der Waals surface area contributed by atoms with Crippen molar-refractivity contribution in [2.75, 3.05) is 19.7 Å². The van der Waals surface area contributed by atoms with Crippen molar-refractivity contribution in [1.29, 1.82) is 0 Å². The van der Waals surface area contributed by atoms with Crippen molar-refractivity contribution in [2.45, 2.75) is 19.4 Å². The molecular weight excluding hydrogens is 317 g/mol. The first-order valence-corrected chi connectivity index (χ1v) is 6.78. The minimum Gasteiger partial charge on any atom is -0.396 e. The molecule has 1 atom stereocenters. The summed E-state index contributed by atoms with van der Waals surface area (Å²) in [6, 6.07) is 0. The molecule has 0 spiro atoms. The highest BCUT2D eigenvalue weighted by Crippen LogP contribution is 2.19. The fraction of sp³-hybridized carbons (Fsp3) is 0.727. The maximum absolute atomic E-state index is 9.20. The van der Waals surface area contributed by atoms with Gasteiger partial charge in [-0.3, -0.25) is 9.58 Å². The average molecular weight is 335 g/mol. The predicted molar refractivity (Wildman–Crippen MR) is 71.0 cm³/mol. The highest BCUT2D eigenvalue weighted by Gasteiger charge is 2.20. The van der Waals surface area contributed by atoms with Gasteiger partial charge in [-0.25, -0.2) is 0 Å². The van der Waals surface area contributed by atoms with Gasteiger partial charge in [0.05, 0.1) is 15.5 Å². The standard InChI is InChI=1S/C11H18IN3O/c1-14-11(10(12)5-13-14)7-15-4-2-3-9(6-15)8-16/h5,9,16H,2-4,6-8H2,1H3. The van der Waals surface area contributed by atoms with Crippen molar-refractivity contribution in [3.05, 3.63) is 15.5 Å². The number of halogens is 1. The van der Waals surface area contributed by atoms with Crippen LogP contribution in [0.15, 0.2) is 6.20 Å². The number of aliphatic hydroxyl groups excluding tert-OH is 1. The highest BCUT2D eigenvalue weighted by molar-refractivity contribution is 14.1. The van der Waals surface area contributed by atoms with E-state index >= 15 is 0 Å². The van der Waals surface area contributed by atoms with Crippen molar-refractivity contribution >= 4 is 22.6 Å². The molecule has 2 heterocycles. The Kier molecular flexibility index (Phi) is 4.21. The maximum atomic E-state index is 9.20. The third-order valence-electron chi connectivity index (χ3n) is 3.25. The molecule has 1 aromatic rings. The van der Waals surface area contributed by atoms with Gasteiger partial charge < -0.3 is 5.11 Å². The molecule has 16 heavy (non-hydrogen) atoms. The van der Waals surface area contributed by atoms with Gasteiger partial charge in [-0.15, -0.1) is 0 Å². The van der Waals surface area contributed by atoms with Crippen molar-refractivity contribution in [1.82, 2.24) is 14.7 Å². The largest absolute Gasteiger partial charge is 0.396 e. The summed E-state index contributed by atoms with van der Waals surface area (Å²) in [4.78, 5) is 2.42. The van der Waals surface area contributed by atoms with E-state index in [2.05, 4.69) is 32.6 Å². The lowest BCUT2D eigenvalue weighted by atomic mass is 9.99. The van der Waals surface area contributed by atoms with Gasteiger partial charge in [0.2, 0.25) is 0 Å². The van der Waals surface area contributed by atoms with Gasteiger partial charge in [-0.1, -0.05) is 0 Å². The van der Waals surface area contributed by atoms with Gasteiger partial charge in [-0.05, 0) is 47.9 Å². The number of aryl methyl sites for hydroxylation is 1. The Balaban J connectivity index is 1.99. The van der Waals surface area contributed by atoms with E-state index < -0.39 is 0 Å². The first kappa shape index (κ1) is 12.3. The summed E-state index contributed by atoms with van der Waals surface area (Å²) >= 11 is 2.33. The van der Waals surface area contributed by atoms with Crippen LogP contribution in [-0.4, -0.2) is 39.5 Å². The predicted octanol–water partition coefficient (Wildman–Crippen LogP) is 1.23. The first-order valence-electron chi connectivity index (χ1n) is 5.70. The number of hydrogen-bond acceptors (Lipinski definition) is 3. The molecular formula is C11H18IN3O. The molecule has 1 unspecified atom stereocenters. The van der Waals surface area contributed by atoms with E-state index in [0.29, 0.717) is 12.5 Å². The molecule has 2 rings (SSSR count). The smallest absolute Gasteiger partial charge is 0.0654 e. The third kappa shape index (κ3) is 2.75. The lowest BCUT2D eigenvalue weighted by Crippen LogP contribution is -2.36. The van der Waals surface area contributed by atoms with Gasteiger partial charge >= 0.3 is 0 Å². The number of aliphatic hydroxyl groups is 1. The monoisotopic (exact) mass is 335 g/mol. The van der Waals surface area contributed by atoms with Crippen LogP contribution in [0, 0.1) is 9.49 Å². The molecule has 1 saturated heterocycles. The Morgan fingerprint density at radius 2 is 2.44 bits per heavy atom. The van der Waals surface area contributed by atoms with Gasteiger partial charge in [0.25, 0.3) is 0 Å². The molecule has 1 N–H and O–H groups in total. The lowest BCUT2D eigenvalue weighted by molar-refractivity contribution is 0.114. The Morgan fingerprint density at radius 3 is 3.06 bits per heavy atom. The molecule has 1 aromatic heterocycles. The molecule has 1 fully saturated rings. The molecule has 90 valence electrons. The van der Waals surface area contributed by atoms with Crippen LogP contribution < -0.4 is 0 Å². The zero-order valence-electron chi connectivity index (χ0n) is 9.56. The van der Waals surface area contributed by atoms with Crippen molar-refractivity contribution in [3.63, 3.8) is 0 Å². The number of hydrogen-bond donors (Lipinski definition) is 1. The molecule has 5 heteroatoms. The minimum atomic E-state index is 0.318. The Labute approximate surface area is 110 Å². The number of nitrogens with zero attached hydrogens (tertiary/aromatic N) is 3. The second-order valence-corrected chi connectivity index (χ2v) is 5.65. The molecule has 4 nitrogen and oxygen atoms in total. The van der Waals surface area contributed by atoms with Gasteiger partial charge in [0.1, 0.15) is 0 Å². The number of piperidine rings is 1. The molecule has 1 aliphatic heterocycles. The van der Waals surface area contributed by atoms with Crippen LogP contribution in [0.25, 0.3) is 0 Å². The Hall–Kier alpha value is -0.140. The van der Waals surface area contributed by atoms with Crippen LogP contribution in [-0.2, 0) is 13.6 Å². The second-order valence-electron chi connectivity index (χ2n) is 4.49. The average Bonchev–Trinajstić information content (AvgIpc) is 2.61. The summed E-state index contributed by atoms with van der Waals surface area (Å²) in [5, 5.41) is 13.5. The number of aromatic nitrogens is 2. The van der Waals surface area contributed by atoms with Crippen LogP contribution in [0.3, 0.4) is 0 Å². The molecule has 0 aromatic carbocycles. The zero-order valence-corrected chi connectivity index (χ0v) is 11.7. The molecule has 0 saturated carbocycles. The molecule has 0 bridgehead atoms. The minimum absolute atomic E-state index is 0.318. The highest BCUT2D eigenvalue weighted by atomic mass is 127. The van der Waals surface area contributed by atoms with Gasteiger partial charge in [0, 0.05) is 26.7 Å². The first-order chi connectivity index (χ1) is 7.70. The van der Waals surface area contributed by atoms with Crippen LogP contribution >= 0.6 is 22.6 Å². The summed E-state index contributed by atoms with van der Waals surface area (Å²) < 4.78 is 3.18. The number of rotatable bonds is 3.